The van der Waals surface area contributed by atoms with Crippen LogP contribution in [0.3, 0.4) is 0 Å². The van der Waals surface area contributed by atoms with E-state index in [1.54, 1.807) is 6.92 Å². The van der Waals surface area contributed by atoms with Crippen molar-refractivity contribution in [1.29, 1.82) is 0 Å². The number of carbonyl (C=O) groups is 2. The first-order valence-electron chi connectivity index (χ1n) is 7.29. The quantitative estimate of drug-likeness (QED) is 0.771. The Hall–Kier alpha value is -2.04. The summed E-state index contributed by atoms with van der Waals surface area (Å²) in [5.74, 6) is -0.955. The van der Waals surface area contributed by atoms with E-state index in [2.05, 4.69) is 5.32 Å². The fourth-order valence-corrected chi connectivity index (χ4v) is 1.99. The normalized spacial score (nSPS) is 13.3. The van der Waals surface area contributed by atoms with Gasteiger partial charge < -0.3 is 15.3 Å². The second kappa shape index (κ2) is 8.29. The molecule has 5 heteroatoms. The number of rotatable bonds is 8. The van der Waals surface area contributed by atoms with Gasteiger partial charge in [0.15, 0.2) is 0 Å². The predicted molar refractivity (Wildman–Crippen MR) is 83.4 cm³/mol. The van der Waals surface area contributed by atoms with Crippen molar-refractivity contribution in [3.63, 3.8) is 0 Å². The van der Waals surface area contributed by atoms with Gasteiger partial charge >= 0.3 is 5.97 Å². The summed E-state index contributed by atoms with van der Waals surface area (Å²) in [5, 5.41) is 11.8. The van der Waals surface area contributed by atoms with Crippen LogP contribution in [0.15, 0.2) is 30.3 Å². The lowest BCUT2D eigenvalue weighted by atomic mass is 10.1. The number of carboxylic acids is 1. The van der Waals surface area contributed by atoms with E-state index in [4.69, 9.17) is 5.11 Å². The molecule has 0 saturated carbocycles. The third-order valence-electron chi connectivity index (χ3n) is 3.50. The molecule has 1 aromatic rings. The Bertz CT molecular complexity index is 462. The highest BCUT2D eigenvalue weighted by molar-refractivity contribution is 5.85. The van der Waals surface area contributed by atoms with Gasteiger partial charge in [0.1, 0.15) is 6.04 Å². The Labute approximate surface area is 126 Å². The largest absolute Gasteiger partial charge is 0.481 e. The highest BCUT2D eigenvalue weighted by Crippen LogP contribution is 2.17. The summed E-state index contributed by atoms with van der Waals surface area (Å²) in [6.07, 6.45) is 0.856. The van der Waals surface area contributed by atoms with Crippen LogP contribution in [0.1, 0.15) is 33.6 Å². The third kappa shape index (κ3) is 5.45. The molecule has 0 aliphatic carbocycles. The van der Waals surface area contributed by atoms with Crippen molar-refractivity contribution in [1.82, 2.24) is 5.32 Å². The van der Waals surface area contributed by atoms with Crippen LogP contribution in [0, 0.1) is 0 Å². The molecular formula is C16H24N2O3. The molecule has 0 aliphatic rings. The number of anilines is 1. The van der Waals surface area contributed by atoms with Crippen molar-refractivity contribution < 1.29 is 14.7 Å². The molecule has 0 spiro atoms. The molecule has 0 fully saturated rings. The number of para-hydroxylation sites is 1. The van der Waals surface area contributed by atoms with E-state index < -0.39 is 12.0 Å². The second-order valence-electron chi connectivity index (χ2n) is 5.17. The summed E-state index contributed by atoms with van der Waals surface area (Å²) in [7, 11) is 0. The molecule has 1 amide bonds. The zero-order chi connectivity index (χ0) is 15.8. The van der Waals surface area contributed by atoms with E-state index in [1.807, 2.05) is 49.1 Å². The summed E-state index contributed by atoms with van der Waals surface area (Å²) >= 11 is 0. The Morgan fingerprint density at radius 3 is 2.38 bits per heavy atom. The van der Waals surface area contributed by atoms with Crippen molar-refractivity contribution in [2.24, 2.45) is 0 Å². The predicted octanol–water partition coefficient (Wildman–Crippen LogP) is 2.27. The highest BCUT2D eigenvalue weighted by Gasteiger charge is 2.23. The molecule has 2 unspecified atom stereocenters. The van der Waals surface area contributed by atoms with Crippen LogP contribution < -0.4 is 10.2 Å². The van der Waals surface area contributed by atoms with Gasteiger partial charge in [-0.05, 0) is 32.4 Å². The number of nitrogens with one attached hydrogen (secondary N) is 1. The maximum absolute atomic E-state index is 12.3. The second-order valence-corrected chi connectivity index (χ2v) is 5.17. The Kier molecular flexibility index (Phi) is 6.72. The number of carboxylic acid groups (broad SMARTS) is 1. The number of amides is 1. The van der Waals surface area contributed by atoms with Crippen molar-refractivity contribution in [3.05, 3.63) is 30.3 Å². The minimum atomic E-state index is -0.870. The molecule has 0 aliphatic heterocycles. The smallest absolute Gasteiger partial charge is 0.305 e. The molecule has 1 aromatic carbocycles. The molecule has 2 N–H and O–H groups in total. The zero-order valence-corrected chi connectivity index (χ0v) is 12.9. The van der Waals surface area contributed by atoms with Crippen LogP contribution >= 0.6 is 0 Å². The molecule has 0 saturated heterocycles. The van der Waals surface area contributed by atoms with Gasteiger partial charge in [0, 0.05) is 18.3 Å². The molecule has 116 valence electrons. The summed E-state index contributed by atoms with van der Waals surface area (Å²) in [6.45, 7) is 6.06. The average molecular weight is 292 g/mol. The van der Waals surface area contributed by atoms with E-state index in [1.165, 1.54) is 0 Å². The maximum atomic E-state index is 12.3. The zero-order valence-electron chi connectivity index (χ0n) is 12.9. The van der Waals surface area contributed by atoms with Crippen LogP contribution in [-0.2, 0) is 9.59 Å². The van der Waals surface area contributed by atoms with Crippen LogP contribution in [-0.4, -0.2) is 35.6 Å². The first-order valence-corrected chi connectivity index (χ1v) is 7.29. The number of nitrogens with zero attached hydrogens (tertiary/aromatic N) is 1. The van der Waals surface area contributed by atoms with Gasteiger partial charge in [0.25, 0.3) is 0 Å². The molecule has 21 heavy (non-hydrogen) atoms. The molecular weight excluding hydrogens is 268 g/mol. The Morgan fingerprint density at radius 1 is 1.24 bits per heavy atom. The molecule has 0 radical (unpaired) electrons. The van der Waals surface area contributed by atoms with E-state index in [0.29, 0.717) is 6.54 Å². The topological polar surface area (TPSA) is 69.6 Å². The minimum Gasteiger partial charge on any atom is -0.481 e. The fraction of sp³-hybridized carbons (Fsp3) is 0.500. The SMILES string of the molecule is CCC(C)NC(=O)C(C)N(CCC(=O)O)c1ccccc1. The third-order valence-corrected chi connectivity index (χ3v) is 3.50. The molecule has 5 nitrogen and oxygen atoms in total. The standard InChI is InChI=1S/C16H24N2O3/c1-4-12(2)17-16(21)13(3)18(11-10-15(19)20)14-8-6-5-7-9-14/h5-9,12-13H,4,10-11H2,1-3H3,(H,17,21)(H,19,20). The average Bonchev–Trinajstić information content (AvgIpc) is 2.47. The number of benzene rings is 1. The van der Waals surface area contributed by atoms with E-state index in [0.717, 1.165) is 12.1 Å². The molecule has 2 atom stereocenters. The van der Waals surface area contributed by atoms with Crippen molar-refractivity contribution in [2.45, 2.75) is 45.7 Å². The van der Waals surface area contributed by atoms with Crippen molar-refractivity contribution >= 4 is 17.6 Å². The van der Waals surface area contributed by atoms with Gasteiger partial charge in [-0.1, -0.05) is 25.1 Å². The molecule has 0 heterocycles. The summed E-state index contributed by atoms with van der Waals surface area (Å²) < 4.78 is 0. The number of carbonyl (C=O) groups excluding carboxylic acids is 1. The Morgan fingerprint density at radius 2 is 1.86 bits per heavy atom. The maximum Gasteiger partial charge on any atom is 0.305 e. The number of hydrogen-bond acceptors (Lipinski definition) is 3. The van der Waals surface area contributed by atoms with Gasteiger partial charge in [-0.2, -0.15) is 0 Å². The molecule has 1 rings (SSSR count). The fourth-order valence-electron chi connectivity index (χ4n) is 1.99. The van der Waals surface area contributed by atoms with Crippen LogP contribution in [0.2, 0.25) is 0 Å². The molecule has 0 bridgehead atoms. The van der Waals surface area contributed by atoms with Crippen LogP contribution in [0.5, 0.6) is 0 Å². The summed E-state index contributed by atoms with van der Waals surface area (Å²) in [5.41, 5.74) is 0.852. The van der Waals surface area contributed by atoms with E-state index in [-0.39, 0.29) is 18.4 Å². The molecule has 0 aromatic heterocycles. The van der Waals surface area contributed by atoms with Crippen molar-refractivity contribution in [3.8, 4) is 0 Å². The number of aliphatic carboxylic acids is 1. The lowest BCUT2D eigenvalue weighted by molar-refractivity contribution is -0.137. The van der Waals surface area contributed by atoms with Gasteiger partial charge in [0.2, 0.25) is 5.91 Å². The monoisotopic (exact) mass is 292 g/mol. The first-order chi connectivity index (χ1) is 9.95. The van der Waals surface area contributed by atoms with Gasteiger partial charge in [-0.3, -0.25) is 9.59 Å². The highest BCUT2D eigenvalue weighted by atomic mass is 16.4. The lowest BCUT2D eigenvalue weighted by Gasteiger charge is -2.31. The number of hydrogen-bond donors (Lipinski definition) is 2. The summed E-state index contributed by atoms with van der Waals surface area (Å²) in [4.78, 5) is 24.9. The van der Waals surface area contributed by atoms with Crippen molar-refractivity contribution in [2.75, 3.05) is 11.4 Å². The van der Waals surface area contributed by atoms with Gasteiger partial charge in [-0.15, -0.1) is 0 Å². The van der Waals surface area contributed by atoms with Gasteiger partial charge in [0.05, 0.1) is 6.42 Å². The van der Waals surface area contributed by atoms with Crippen LogP contribution in [0.4, 0.5) is 5.69 Å². The minimum absolute atomic E-state index is 0.00412. The van der Waals surface area contributed by atoms with Crippen LogP contribution in [0.25, 0.3) is 0 Å². The lowest BCUT2D eigenvalue weighted by Crippen LogP contribution is -2.48. The Balaban J connectivity index is 2.84. The van der Waals surface area contributed by atoms with E-state index in [9.17, 15) is 9.59 Å². The van der Waals surface area contributed by atoms with Gasteiger partial charge in [-0.25, -0.2) is 0 Å². The van der Waals surface area contributed by atoms with E-state index >= 15 is 0 Å². The first kappa shape index (κ1) is 17.0. The summed E-state index contributed by atoms with van der Waals surface area (Å²) in [6, 6.07) is 9.11.